The first-order valence-corrected chi connectivity index (χ1v) is 11.5. The summed E-state index contributed by atoms with van der Waals surface area (Å²) in [6.45, 7) is 2.23. The molecule has 3 aromatic rings. The van der Waals surface area contributed by atoms with Gasteiger partial charge >= 0.3 is 0 Å². The number of aromatic nitrogens is 3. The van der Waals surface area contributed by atoms with Crippen LogP contribution in [0.5, 0.6) is 0 Å². The Hall–Kier alpha value is -1.87. The minimum absolute atomic E-state index is 0.0955. The van der Waals surface area contributed by atoms with Gasteiger partial charge in [0, 0.05) is 60.0 Å². The van der Waals surface area contributed by atoms with Crippen molar-refractivity contribution in [3.63, 3.8) is 0 Å². The van der Waals surface area contributed by atoms with Gasteiger partial charge in [-0.2, -0.15) is 0 Å². The lowest BCUT2D eigenvalue weighted by Gasteiger charge is -2.27. The van der Waals surface area contributed by atoms with Crippen LogP contribution in [-0.2, 0) is 29.3 Å². The molecule has 0 saturated carbocycles. The van der Waals surface area contributed by atoms with E-state index in [0.717, 1.165) is 46.9 Å². The molecule has 0 fully saturated rings. The molecule has 1 aliphatic heterocycles. The lowest BCUT2D eigenvalue weighted by molar-refractivity contribution is 0.240. The van der Waals surface area contributed by atoms with Crippen LogP contribution in [0.4, 0.5) is 0 Å². The molecule has 0 unspecified atom stereocenters. The molecule has 1 aromatic carbocycles. The smallest absolute Gasteiger partial charge is 0.246 e. The van der Waals surface area contributed by atoms with E-state index in [1.165, 1.54) is 0 Å². The molecule has 4 rings (SSSR count). The highest BCUT2D eigenvalue weighted by molar-refractivity contribution is 7.90. The molecular formula is C18H17ClN4O2S2. The summed E-state index contributed by atoms with van der Waals surface area (Å²) in [7, 11) is -3.38. The summed E-state index contributed by atoms with van der Waals surface area (Å²) in [5.74, 6) is 0. The number of hydrogen-bond donors (Lipinski definition) is 0. The molecule has 0 amide bonds. The van der Waals surface area contributed by atoms with Gasteiger partial charge in [-0.05, 0) is 12.1 Å². The summed E-state index contributed by atoms with van der Waals surface area (Å²) in [5.41, 5.74) is 3.87. The van der Waals surface area contributed by atoms with E-state index in [1.807, 2.05) is 24.3 Å². The average molecular weight is 421 g/mol. The van der Waals surface area contributed by atoms with E-state index in [2.05, 4.69) is 20.2 Å². The zero-order valence-corrected chi connectivity index (χ0v) is 17.0. The Labute approximate surface area is 166 Å². The summed E-state index contributed by atoms with van der Waals surface area (Å²) >= 11 is 7.56. The quantitative estimate of drug-likeness (QED) is 0.603. The van der Waals surface area contributed by atoms with E-state index in [-0.39, 0.29) is 5.16 Å². The van der Waals surface area contributed by atoms with E-state index in [9.17, 15) is 8.42 Å². The Morgan fingerprint density at radius 2 is 2.00 bits per heavy atom. The average Bonchev–Trinajstić information content (AvgIpc) is 3.09. The maximum absolute atomic E-state index is 11.6. The Morgan fingerprint density at radius 3 is 2.74 bits per heavy atom. The molecule has 0 atom stereocenters. The number of thiazole rings is 1. The van der Waals surface area contributed by atoms with Crippen LogP contribution in [0.2, 0.25) is 5.02 Å². The maximum Gasteiger partial charge on any atom is 0.246 e. The number of halogens is 1. The molecule has 0 radical (unpaired) electrons. The largest absolute Gasteiger partial charge is 0.293 e. The van der Waals surface area contributed by atoms with Crippen LogP contribution in [0.15, 0.2) is 41.0 Å². The second-order valence-electron chi connectivity index (χ2n) is 6.51. The first-order valence-electron chi connectivity index (χ1n) is 8.36. The van der Waals surface area contributed by atoms with Crippen LogP contribution in [0.3, 0.4) is 0 Å². The number of sulfone groups is 1. The van der Waals surface area contributed by atoms with Crippen molar-refractivity contribution in [3.05, 3.63) is 57.8 Å². The first kappa shape index (κ1) is 18.5. The monoisotopic (exact) mass is 420 g/mol. The van der Waals surface area contributed by atoms with Crippen molar-refractivity contribution < 1.29 is 8.42 Å². The van der Waals surface area contributed by atoms with E-state index < -0.39 is 9.84 Å². The molecule has 9 heteroatoms. The van der Waals surface area contributed by atoms with E-state index >= 15 is 0 Å². The fourth-order valence-electron chi connectivity index (χ4n) is 3.00. The standard InChI is InChI=1S/C18H17ClN4O2S2/c1-27(24,25)18-20-8-13-9-23(7-6-16(13)22-18)10-15-11-26-17(21-15)12-2-4-14(19)5-3-12/h2-5,8,11H,6-7,9-10H2,1H3. The number of rotatable bonds is 4. The van der Waals surface area contributed by atoms with Gasteiger partial charge in [-0.3, -0.25) is 4.90 Å². The minimum Gasteiger partial charge on any atom is -0.293 e. The summed E-state index contributed by atoms with van der Waals surface area (Å²) < 4.78 is 23.2. The highest BCUT2D eigenvalue weighted by Crippen LogP contribution is 2.26. The number of nitrogens with zero attached hydrogens (tertiary/aromatic N) is 4. The van der Waals surface area contributed by atoms with Gasteiger partial charge in [0.2, 0.25) is 15.0 Å². The van der Waals surface area contributed by atoms with Crippen LogP contribution in [0, 0.1) is 0 Å². The lowest BCUT2D eigenvalue weighted by Crippen LogP contribution is -2.31. The zero-order chi connectivity index (χ0) is 19.0. The van der Waals surface area contributed by atoms with Crippen molar-refractivity contribution in [2.24, 2.45) is 0 Å². The van der Waals surface area contributed by atoms with Gasteiger partial charge in [0.15, 0.2) is 0 Å². The van der Waals surface area contributed by atoms with Gasteiger partial charge in [0.05, 0.1) is 11.4 Å². The second kappa shape index (κ2) is 7.27. The maximum atomic E-state index is 11.6. The van der Waals surface area contributed by atoms with Crippen LogP contribution in [0.1, 0.15) is 17.0 Å². The van der Waals surface area contributed by atoms with Crippen LogP contribution < -0.4 is 0 Å². The van der Waals surface area contributed by atoms with Crippen molar-refractivity contribution >= 4 is 32.8 Å². The van der Waals surface area contributed by atoms with Crippen molar-refractivity contribution in [3.8, 4) is 10.6 Å². The molecular weight excluding hydrogens is 404 g/mol. The molecule has 27 heavy (non-hydrogen) atoms. The van der Waals surface area contributed by atoms with Crippen LogP contribution in [0.25, 0.3) is 10.6 Å². The lowest BCUT2D eigenvalue weighted by atomic mass is 10.1. The van der Waals surface area contributed by atoms with Gasteiger partial charge in [0.1, 0.15) is 5.01 Å². The molecule has 140 valence electrons. The zero-order valence-electron chi connectivity index (χ0n) is 14.6. The third kappa shape index (κ3) is 4.19. The Morgan fingerprint density at radius 1 is 1.22 bits per heavy atom. The predicted molar refractivity (Wildman–Crippen MR) is 106 cm³/mol. The fourth-order valence-corrected chi connectivity index (χ4v) is 4.47. The van der Waals surface area contributed by atoms with E-state index in [4.69, 9.17) is 16.6 Å². The van der Waals surface area contributed by atoms with E-state index in [1.54, 1.807) is 17.5 Å². The third-order valence-electron chi connectivity index (χ3n) is 4.35. The van der Waals surface area contributed by atoms with Gasteiger partial charge in [-0.1, -0.05) is 23.7 Å². The summed E-state index contributed by atoms with van der Waals surface area (Å²) in [4.78, 5) is 15.2. The molecule has 0 saturated heterocycles. The van der Waals surface area contributed by atoms with Gasteiger partial charge in [-0.15, -0.1) is 11.3 Å². The normalized spacial score (nSPS) is 14.9. The molecule has 0 N–H and O–H groups in total. The van der Waals surface area contributed by atoms with Crippen molar-refractivity contribution in [1.82, 2.24) is 19.9 Å². The Bertz CT molecular complexity index is 1080. The molecule has 3 heterocycles. The van der Waals surface area contributed by atoms with Crippen LogP contribution >= 0.6 is 22.9 Å². The highest BCUT2D eigenvalue weighted by Gasteiger charge is 2.21. The van der Waals surface area contributed by atoms with Gasteiger partial charge in [-0.25, -0.2) is 23.4 Å². The van der Waals surface area contributed by atoms with Crippen molar-refractivity contribution in [1.29, 1.82) is 0 Å². The number of fused-ring (bicyclic) bond motifs is 1. The molecule has 2 aromatic heterocycles. The van der Waals surface area contributed by atoms with Gasteiger partial charge < -0.3 is 0 Å². The van der Waals surface area contributed by atoms with Crippen LogP contribution in [-0.4, -0.2) is 41.1 Å². The molecule has 1 aliphatic rings. The predicted octanol–water partition coefficient (Wildman–Crippen LogP) is 3.22. The topological polar surface area (TPSA) is 76.1 Å². The Balaban J connectivity index is 1.47. The third-order valence-corrected chi connectivity index (χ3v) is 6.40. The summed E-state index contributed by atoms with van der Waals surface area (Å²) in [5, 5.41) is 3.66. The van der Waals surface area contributed by atoms with E-state index in [0.29, 0.717) is 18.0 Å². The number of hydrogen-bond acceptors (Lipinski definition) is 7. The van der Waals surface area contributed by atoms with Crippen molar-refractivity contribution in [2.75, 3.05) is 12.8 Å². The number of benzene rings is 1. The van der Waals surface area contributed by atoms with Crippen molar-refractivity contribution in [2.45, 2.75) is 24.7 Å². The molecule has 0 spiro atoms. The SMILES string of the molecule is CS(=O)(=O)c1ncc2c(n1)CCN(Cc1csc(-c3ccc(Cl)cc3)n1)C2. The molecule has 6 nitrogen and oxygen atoms in total. The highest BCUT2D eigenvalue weighted by atomic mass is 35.5. The fraction of sp³-hybridized carbons (Fsp3) is 0.278. The Kier molecular flexibility index (Phi) is 4.98. The summed E-state index contributed by atoms with van der Waals surface area (Å²) in [6, 6.07) is 7.67. The second-order valence-corrected chi connectivity index (χ2v) is 9.71. The minimum atomic E-state index is -3.38. The summed E-state index contributed by atoms with van der Waals surface area (Å²) in [6.07, 6.45) is 3.46. The molecule has 0 aliphatic carbocycles. The molecule has 0 bridgehead atoms. The first-order chi connectivity index (χ1) is 12.9. The van der Waals surface area contributed by atoms with Gasteiger partial charge in [0.25, 0.3) is 0 Å².